The number of nitrogens with zero attached hydrogens (tertiary/aromatic N) is 3. The standard InChI is InChI=1S/C37H42N4O6.2H2S/c1-3-47-35(45)31-16-10-22-41(31)36(46)37(25-11-5-4-6-12-25)20-17-28(27-13-7-8-15-30(27)37)34(44)40-23-18-26(19-24-40)38-32(42)29-14-9-21-39(2)33(29)43;;/h4-9,11-15,21,26,28,31H,3,10,16-20,22-24H2,1-2H3,(H,38,42);2*1H2/t28-,31-,37+;;/m0../s1. The van der Waals surface area contributed by atoms with E-state index in [9.17, 15) is 24.0 Å². The molecule has 2 fully saturated rings. The second-order valence-electron chi connectivity index (χ2n) is 12.8. The fourth-order valence-corrected chi connectivity index (χ4v) is 7.70. The van der Waals surface area contributed by atoms with E-state index >= 15 is 0 Å². The molecule has 1 aromatic heterocycles. The minimum atomic E-state index is -1.05. The third-order valence-electron chi connectivity index (χ3n) is 10.1. The Hall–Kier alpha value is -4.03. The molecule has 2 aliphatic heterocycles. The maximum absolute atomic E-state index is 14.8. The predicted octanol–water partition coefficient (Wildman–Crippen LogP) is 3.75. The Morgan fingerprint density at radius 3 is 2.29 bits per heavy atom. The summed E-state index contributed by atoms with van der Waals surface area (Å²) in [5.41, 5.74) is 1.20. The molecule has 3 atom stereocenters. The monoisotopic (exact) mass is 706 g/mol. The van der Waals surface area contributed by atoms with Crippen LogP contribution >= 0.6 is 27.0 Å². The van der Waals surface area contributed by atoms with Crippen molar-refractivity contribution in [2.75, 3.05) is 26.2 Å². The van der Waals surface area contributed by atoms with Crippen LogP contribution in [-0.2, 0) is 31.6 Å². The number of rotatable bonds is 7. The molecule has 6 rings (SSSR count). The first-order valence-corrected chi connectivity index (χ1v) is 16.6. The smallest absolute Gasteiger partial charge is 0.328 e. The molecule has 0 radical (unpaired) electrons. The van der Waals surface area contributed by atoms with Crippen LogP contribution in [0.5, 0.6) is 0 Å². The van der Waals surface area contributed by atoms with Crippen LogP contribution in [0.3, 0.4) is 0 Å². The highest BCUT2D eigenvalue weighted by Crippen LogP contribution is 2.49. The molecule has 0 bridgehead atoms. The van der Waals surface area contributed by atoms with Gasteiger partial charge in [-0.25, -0.2) is 4.79 Å². The summed E-state index contributed by atoms with van der Waals surface area (Å²) in [5.74, 6) is -1.30. The van der Waals surface area contributed by atoms with E-state index in [0.29, 0.717) is 51.7 Å². The van der Waals surface area contributed by atoms with E-state index in [4.69, 9.17) is 4.74 Å². The van der Waals surface area contributed by atoms with Crippen molar-refractivity contribution < 1.29 is 23.9 Å². The Morgan fingerprint density at radius 2 is 1.57 bits per heavy atom. The van der Waals surface area contributed by atoms with Gasteiger partial charge in [-0.3, -0.25) is 19.2 Å². The maximum atomic E-state index is 14.8. The minimum absolute atomic E-state index is 0. The zero-order valence-corrected chi connectivity index (χ0v) is 30.0. The molecule has 262 valence electrons. The lowest BCUT2D eigenvalue weighted by atomic mass is 9.62. The van der Waals surface area contributed by atoms with Crippen LogP contribution < -0.4 is 10.9 Å². The molecule has 3 aromatic rings. The summed E-state index contributed by atoms with van der Waals surface area (Å²) in [6.45, 7) is 3.46. The van der Waals surface area contributed by atoms with Gasteiger partial charge in [0.2, 0.25) is 11.8 Å². The van der Waals surface area contributed by atoms with Gasteiger partial charge in [0.15, 0.2) is 0 Å². The highest BCUT2D eigenvalue weighted by Gasteiger charge is 2.52. The fourth-order valence-electron chi connectivity index (χ4n) is 7.70. The van der Waals surface area contributed by atoms with Crippen LogP contribution in [0, 0.1) is 0 Å². The Kier molecular flexibility index (Phi) is 12.4. The number of aromatic nitrogens is 1. The molecule has 3 heterocycles. The number of carbonyl (C=O) groups excluding carboxylic acids is 4. The number of amides is 3. The van der Waals surface area contributed by atoms with Crippen molar-refractivity contribution in [3.8, 4) is 0 Å². The molecular formula is C37H46N4O6S2. The van der Waals surface area contributed by atoms with Gasteiger partial charge in [0, 0.05) is 38.9 Å². The molecule has 3 aliphatic rings. The lowest BCUT2D eigenvalue weighted by Gasteiger charge is -2.44. The number of aryl methyl sites for hydroxylation is 1. The van der Waals surface area contributed by atoms with Gasteiger partial charge >= 0.3 is 5.97 Å². The van der Waals surface area contributed by atoms with Crippen molar-refractivity contribution in [2.24, 2.45) is 7.05 Å². The summed E-state index contributed by atoms with van der Waals surface area (Å²) in [4.78, 5) is 70.7. The van der Waals surface area contributed by atoms with Crippen molar-refractivity contribution in [1.82, 2.24) is 19.7 Å². The third-order valence-corrected chi connectivity index (χ3v) is 10.1. The Bertz CT molecular complexity index is 1720. The first-order valence-electron chi connectivity index (χ1n) is 16.6. The maximum Gasteiger partial charge on any atom is 0.328 e. The summed E-state index contributed by atoms with van der Waals surface area (Å²) >= 11 is 0. The van der Waals surface area contributed by atoms with Gasteiger partial charge in [-0.05, 0) is 74.3 Å². The number of nitrogens with one attached hydrogen (secondary N) is 1. The van der Waals surface area contributed by atoms with Crippen molar-refractivity contribution in [3.05, 3.63) is 106 Å². The van der Waals surface area contributed by atoms with Crippen LogP contribution in [0.4, 0.5) is 0 Å². The van der Waals surface area contributed by atoms with Gasteiger partial charge in [-0.15, -0.1) is 0 Å². The van der Waals surface area contributed by atoms with Crippen LogP contribution in [0.1, 0.15) is 78.4 Å². The van der Waals surface area contributed by atoms with Gasteiger partial charge < -0.3 is 24.4 Å². The molecule has 10 nitrogen and oxygen atoms in total. The minimum Gasteiger partial charge on any atom is -0.464 e. The molecular weight excluding hydrogens is 661 g/mol. The van der Waals surface area contributed by atoms with E-state index in [-0.39, 0.29) is 68.5 Å². The number of hydrogen-bond acceptors (Lipinski definition) is 6. The first kappa shape index (κ1) is 37.8. The number of pyridine rings is 1. The van der Waals surface area contributed by atoms with Crippen LogP contribution in [0.25, 0.3) is 0 Å². The van der Waals surface area contributed by atoms with Crippen LogP contribution in [0.2, 0.25) is 0 Å². The highest BCUT2D eigenvalue weighted by molar-refractivity contribution is 7.59. The SMILES string of the molecule is CCOC(=O)[C@@H]1CCCN1C(=O)[C@@]1(c2ccccc2)CC[C@H](C(=O)N2CCC(NC(=O)c3cccn(C)c3=O)CC2)c2ccccc21.S.S. The van der Waals surface area contributed by atoms with E-state index < -0.39 is 23.3 Å². The van der Waals surface area contributed by atoms with E-state index in [0.717, 1.165) is 23.1 Å². The molecule has 3 amide bonds. The van der Waals surface area contributed by atoms with Crippen LogP contribution in [0.15, 0.2) is 77.7 Å². The zero-order valence-electron chi connectivity index (χ0n) is 28.0. The number of carbonyl (C=O) groups is 4. The molecule has 0 saturated carbocycles. The highest BCUT2D eigenvalue weighted by atomic mass is 32.1. The second kappa shape index (κ2) is 16.1. The second-order valence-corrected chi connectivity index (χ2v) is 12.8. The Balaban J connectivity index is 0.00000270. The predicted molar refractivity (Wildman–Crippen MR) is 197 cm³/mol. The Labute approximate surface area is 301 Å². The van der Waals surface area contributed by atoms with Gasteiger partial charge in [0.05, 0.1) is 17.9 Å². The summed E-state index contributed by atoms with van der Waals surface area (Å²) in [5, 5.41) is 2.98. The molecule has 0 spiro atoms. The number of esters is 1. The molecule has 12 heteroatoms. The van der Waals surface area contributed by atoms with Crippen molar-refractivity contribution in [3.63, 3.8) is 0 Å². The number of fused-ring (bicyclic) bond motifs is 1. The Morgan fingerprint density at radius 1 is 0.878 bits per heavy atom. The number of hydrogen-bond donors (Lipinski definition) is 1. The van der Waals surface area contributed by atoms with E-state index in [1.54, 1.807) is 31.1 Å². The lowest BCUT2D eigenvalue weighted by Crippen LogP contribution is -2.54. The molecule has 1 aliphatic carbocycles. The number of piperidine rings is 1. The summed E-state index contributed by atoms with van der Waals surface area (Å²) in [6, 6.07) is 19.9. The van der Waals surface area contributed by atoms with Crippen molar-refractivity contribution >= 4 is 50.7 Å². The van der Waals surface area contributed by atoms with Gasteiger partial charge in [0.25, 0.3) is 11.5 Å². The first-order chi connectivity index (χ1) is 22.8. The van der Waals surface area contributed by atoms with E-state index in [2.05, 4.69) is 5.32 Å². The molecule has 2 aromatic carbocycles. The lowest BCUT2D eigenvalue weighted by molar-refractivity contribution is -0.154. The van der Waals surface area contributed by atoms with Crippen LogP contribution in [-0.4, -0.2) is 76.4 Å². The molecule has 0 unspecified atom stereocenters. The number of likely N-dealkylation sites (tertiary alicyclic amines) is 2. The topological polar surface area (TPSA) is 118 Å². The largest absolute Gasteiger partial charge is 0.464 e. The molecule has 2 saturated heterocycles. The van der Waals surface area contributed by atoms with Gasteiger partial charge in [-0.2, -0.15) is 27.0 Å². The summed E-state index contributed by atoms with van der Waals surface area (Å²) < 4.78 is 6.73. The third kappa shape index (κ3) is 7.17. The average molecular weight is 707 g/mol. The molecule has 49 heavy (non-hydrogen) atoms. The average Bonchev–Trinajstić information content (AvgIpc) is 3.59. The number of benzene rings is 2. The number of ether oxygens (including phenoxy) is 1. The van der Waals surface area contributed by atoms with Gasteiger partial charge in [0.1, 0.15) is 11.6 Å². The zero-order chi connectivity index (χ0) is 33.1. The van der Waals surface area contributed by atoms with Gasteiger partial charge in [-0.1, -0.05) is 54.6 Å². The van der Waals surface area contributed by atoms with E-state index in [1.165, 1.54) is 10.6 Å². The fraction of sp³-hybridized carbons (Fsp3) is 0.432. The quantitative estimate of drug-likeness (QED) is 0.375. The van der Waals surface area contributed by atoms with Crippen molar-refractivity contribution in [2.45, 2.75) is 68.9 Å². The van der Waals surface area contributed by atoms with Crippen molar-refractivity contribution in [1.29, 1.82) is 0 Å². The molecule has 1 N–H and O–H groups in total. The summed E-state index contributed by atoms with van der Waals surface area (Å²) in [7, 11) is 1.61. The van der Waals surface area contributed by atoms with E-state index in [1.807, 2.05) is 59.5 Å². The summed E-state index contributed by atoms with van der Waals surface area (Å²) in [6.07, 6.45) is 4.96. The normalized spacial score (nSPS) is 21.8.